The molecule has 2 unspecified atom stereocenters. The lowest BCUT2D eigenvalue weighted by Crippen LogP contribution is -2.43. The van der Waals surface area contributed by atoms with E-state index in [9.17, 15) is 4.79 Å². The zero-order chi connectivity index (χ0) is 21.8. The first-order chi connectivity index (χ1) is 15.8. The van der Waals surface area contributed by atoms with Gasteiger partial charge >= 0.3 is 6.09 Å². The van der Waals surface area contributed by atoms with Crippen molar-refractivity contribution in [3.05, 3.63) is 90.5 Å². The van der Waals surface area contributed by atoms with Gasteiger partial charge in [-0.15, -0.1) is 0 Å². The van der Waals surface area contributed by atoms with Gasteiger partial charge < -0.3 is 4.74 Å². The van der Waals surface area contributed by atoms with Gasteiger partial charge in [0.2, 0.25) is 0 Å². The Morgan fingerprint density at radius 2 is 1.47 bits per heavy atom. The standard InChI is InChI=1S/C28H30N2O2/c31-28(29-27-14-8-7-13-25(27)22-11-5-2-6-12-22)32-20-26-23-15-16-24(26)19-30(18-23)17-21-9-3-1-4-10-21/h1-14,23-24,26H,15-20H2,(H,29,31). The van der Waals surface area contributed by atoms with Crippen molar-refractivity contribution in [2.75, 3.05) is 25.0 Å². The van der Waals surface area contributed by atoms with Crippen LogP contribution in [0.3, 0.4) is 0 Å². The van der Waals surface area contributed by atoms with Crippen LogP contribution in [-0.4, -0.2) is 30.7 Å². The van der Waals surface area contributed by atoms with Gasteiger partial charge in [0.1, 0.15) is 0 Å². The van der Waals surface area contributed by atoms with Gasteiger partial charge in [0.25, 0.3) is 0 Å². The number of hydrogen-bond donors (Lipinski definition) is 1. The summed E-state index contributed by atoms with van der Waals surface area (Å²) in [6.45, 7) is 3.71. The number of carbonyl (C=O) groups excluding carboxylic acids is 1. The molecule has 0 aromatic heterocycles. The highest BCUT2D eigenvalue weighted by Gasteiger charge is 2.42. The molecule has 0 radical (unpaired) electrons. The van der Waals surface area contributed by atoms with Gasteiger partial charge in [0.05, 0.1) is 12.3 Å². The zero-order valence-corrected chi connectivity index (χ0v) is 18.3. The van der Waals surface area contributed by atoms with Crippen LogP contribution in [0.25, 0.3) is 11.1 Å². The molecule has 1 aliphatic carbocycles. The van der Waals surface area contributed by atoms with Crippen molar-refractivity contribution in [2.24, 2.45) is 17.8 Å². The number of likely N-dealkylation sites (tertiary alicyclic amines) is 1. The lowest BCUT2D eigenvalue weighted by Gasteiger charge is -2.37. The molecular weight excluding hydrogens is 396 g/mol. The van der Waals surface area contributed by atoms with Crippen LogP contribution in [0, 0.1) is 17.8 Å². The largest absolute Gasteiger partial charge is 0.449 e. The van der Waals surface area contributed by atoms with Crippen LogP contribution in [0.15, 0.2) is 84.9 Å². The second-order valence-electron chi connectivity index (χ2n) is 9.08. The number of ether oxygens (including phenoxy) is 1. The van der Waals surface area contributed by atoms with Gasteiger partial charge in [-0.1, -0.05) is 78.9 Å². The highest BCUT2D eigenvalue weighted by Crippen LogP contribution is 2.42. The van der Waals surface area contributed by atoms with E-state index in [1.54, 1.807) is 0 Å². The number of piperidine rings is 1. The number of anilines is 1. The summed E-state index contributed by atoms with van der Waals surface area (Å²) in [6, 6.07) is 28.7. The van der Waals surface area contributed by atoms with Crippen molar-refractivity contribution in [3.63, 3.8) is 0 Å². The van der Waals surface area contributed by atoms with Gasteiger partial charge in [-0.2, -0.15) is 0 Å². The third-order valence-electron chi connectivity index (χ3n) is 7.01. The average molecular weight is 427 g/mol. The molecule has 1 saturated carbocycles. The number of nitrogens with one attached hydrogen (secondary N) is 1. The first kappa shape index (κ1) is 20.8. The molecule has 2 bridgehead atoms. The predicted octanol–water partition coefficient (Wildman–Crippen LogP) is 6.06. The average Bonchev–Trinajstić information content (AvgIpc) is 3.07. The SMILES string of the molecule is O=C(Nc1ccccc1-c1ccccc1)OCC1C2CCC1CN(Cc1ccccc1)C2. The van der Waals surface area contributed by atoms with E-state index in [0.29, 0.717) is 24.4 Å². The Morgan fingerprint density at radius 3 is 2.19 bits per heavy atom. The molecule has 2 atom stereocenters. The first-order valence-corrected chi connectivity index (χ1v) is 11.6. The maximum atomic E-state index is 12.6. The lowest BCUT2D eigenvalue weighted by molar-refractivity contribution is 0.0528. The van der Waals surface area contributed by atoms with Gasteiger partial charge in [-0.3, -0.25) is 10.2 Å². The molecule has 3 aromatic carbocycles. The molecule has 1 N–H and O–H groups in total. The van der Waals surface area contributed by atoms with E-state index >= 15 is 0 Å². The van der Waals surface area contributed by atoms with Crippen LogP contribution in [0.5, 0.6) is 0 Å². The van der Waals surface area contributed by atoms with Crippen LogP contribution in [0.2, 0.25) is 0 Å². The third-order valence-corrected chi connectivity index (χ3v) is 7.01. The summed E-state index contributed by atoms with van der Waals surface area (Å²) >= 11 is 0. The van der Waals surface area contributed by atoms with Gasteiger partial charge in [0, 0.05) is 31.1 Å². The van der Waals surface area contributed by atoms with E-state index in [0.717, 1.165) is 36.4 Å². The summed E-state index contributed by atoms with van der Waals surface area (Å²) in [6.07, 6.45) is 2.12. The van der Waals surface area contributed by atoms with Crippen LogP contribution >= 0.6 is 0 Å². The Morgan fingerprint density at radius 1 is 0.844 bits per heavy atom. The van der Waals surface area contributed by atoms with E-state index in [2.05, 4.69) is 40.5 Å². The Bertz CT molecular complexity index is 1020. The van der Waals surface area contributed by atoms with Crippen LogP contribution in [-0.2, 0) is 11.3 Å². The molecular formula is C28H30N2O2. The van der Waals surface area contributed by atoms with E-state index in [1.807, 2.05) is 54.6 Å². The minimum atomic E-state index is -0.362. The minimum absolute atomic E-state index is 0.362. The van der Waals surface area contributed by atoms with Crippen LogP contribution in [0.1, 0.15) is 18.4 Å². The summed E-state index contributed by atoms with van der Waals surface area (Å²) in [5.74, 6) is 1.70. The summed E-state index contributed by atoms with van der Waals surface area (Å²) in [5.41, 5.74) is 4.23. The Balaban J connectivity index is 1.17. The second-order valence-corrected chi connectivity index (χ2v) is 9.08. The number of para-hydroxylation sites is 1. The second kappa shape index (κ2) is 9.58. The van der Waals surface area contributed by atoms with Crippen molar-refractivity contribution in [2.45, 2.75) is 19.4 Å². The van der Waals surface area contributed by atoms with Crippen molar-refractivity contribution in [1.29, 1.82) is 0 Å². The molecule has 2 fully saturated rings. The molecule has 1 heterocycles. The number of benzene rings is 3. The van der Waals surface area contributed by atoms with Gasteiger partial charge in [-0.25, -0.2) is 4.79 Å². The predicted molar refractivity (Wildman–Crippen MR) is 128 cm³/mol. The van der Waals surface area contributed by atoms with Crippen LogP contribution < -0.4 is 5.32 Å². The summed E-state index contributed by atoms with van der Waals surface area (Å²) < 4.78 is 5.74. The Hall–Kier alpha value is -3.11. The molecule has 1 aliphatic heterocycles. The fourth-order valence-electron chi connectivity index (χ4n) is 5.45. The number of amides is 1. The number of fused-ring (bicyclic) bond motifs is 2. The number of carbonyl (C=O) groups is 1. The van der Waals surface area contributed by atoms with Gasteiger partial charge in [0.15, 0.2) is 0 Å². The molecule has 2 aliphatic rings. The molecule has 5 rings (SSSR count). The fourth-order valence-corrected chi connectivity index (χ4v) is 5.45. The minimum Gasteiger partial charge on any atom is -0.449 e. The van der Waals surface area contributed by atoms with E-state index in [-0.39, 0.29) is 6.09 Å². The molecule has 0 spiro atoms. The Labute approximate surface area is 190 Å². The van der Waals surface area contributed by atoms with Crippen molar-refractivity contribution in [3.8, 4) is 11.1 Å². The van der Waals surface area contributed by atoms with Crippen molar-refractivity contribution >= 4 is 11.8 Å². The highest BCUT2D eigenvalue weighted by molar-refractivity contribution is 5.91. The molecule has 4 heteroatoms. The molecule has 3 aromatic rings. The number of hydrogen-bond acceptors (Lipinski definition) is 3. The molecule has 32 heavy (non-hydrogen) atoms. The molecule has 164 valence electrons. The van der Waals surface area contributed by atoms with E-state index in [4.69, 9.17) is 4.74 Å². The zero-order valence-electron chi connectivity index (χ0n) is 18.3. The maximum Gasteiger partial charge on any atom is 0.411 e. The van der Waals surface area contributed by atoms with Crippen LogP contribution in [0.4, 0.5) is 10.5 Å². The number of nitrogens with zero attached hydrogens (tertiary/aromatic N) is 1. The maximum absolute atomic E-state index is 12.6. The van der Waals surface area contributed by atoms with Gasteiger partial charge in [-0.05, 0) is 41.9 Å². The normalized spacial score (nSPS) is 22.4. The summed E-state index contributed by atoms with van der Waals surface area (Å²) in [7, 11) is 0. The molecule has 1 saturated heterocycles. The number of rotatable bonds is 6. The first-order valence-electron chi connectivity index (χ1n) is 11.6. The smallest absolute Gasteiger partial charge is 0.411 e. The third kappa shape index (κ3) is 4.71. The molecule has 4 nitrogen and oxygen atoms in total. The monoisotopic (exact) mass is 426 g/mol. The Kier molecular flexibility index (Phi) is 6.22. The lowest BCUT2D eigenvalue weighted by atomic mass is 9.85. The molecule has 1 amide bonds. The van der Waals surface area contributed by atoms with Crippen molar-refractivity contribution in [1.82, 2.24) is 4.90 Å². The summed E-state index contributed by atoms with van der Waals surface area (Å²) in [5, 5.41) is 2.97. The fraction of sp³-hybridized carbons (Fsp3) is 0.321. The van der Waals surface area contributed by atoms with Crippen molar-refractivity contribution < 1.29 is 9.53 Å². The quantitative estimate of drug-likeness (QED) is 0.521. The van der Waals surface area contributed by atoms with E-state index in [1.165, 1.54) is 18.4 Å². The highest BCUT2D eigenvalue weighted by atomic mass is 16.5. The topological polar surface area (TPSA) is 41.6 Å². The van der Waals surface area contributed by atoms with E-state index < -0.39 is 0 Å². The summed E-state index contributed by atoms with van der Waals surface area (Å²) in [4.78, 5) is 15.2.